The molecule has 3 aromatic rings. The van der Waals surface area contributed by atoms with Crippen molar-refractivity contribution in [2.24, 2.45) is 5.92 Å². The Kier molecular flexibility index (Phi) is 7.83. The predicted molar refractivity (Wildman–Crippen MR) is 134 cm³/mol. The van der Waals surface area contributed by atoms with Gasteiger partial charge in [0, 0.05) is 31.0 Å². The summed E-state index contributed by atoms with van der Waals surface area (Å²) < 4.78 is 21.3. The minimum Gasteiger partial charge on any atom is -0.507 e. The number of benzene rings is 2. The quantitative estimate of drug-likeness (QED) is 0.246. The molecule has 2 heterocycles. The number of rotatable bonds is 10. The van der Waals surface area contributed by atoms with Gasteiger partial charge in [-0.1, -0.05) is 26.0 Å². The van der Waals surface area contributed by atoms with E-state index in [1.165, 1.54) is 29.2 Å². The molecule has 188 valence electrons. The van der Waals surface area contributed by atoms with Gasteiger partial charge in [0.25, 0.3) is 11.7 Å². The van der Waals surface area contributed by atoms with Crippen molar-refractivity contribution in [1.29, 1.82) is 0 Å². The van der Waals surface area contributed by atoms with E-state index in [0.717, 1.165) is 6.42 Å². The lowest BCUT2D eigenvalue weighted by Crippen LogP contribution is -2.31. The number of Topliss-reactive ketones (excluding diaryl/α,β-unsaturated/α-hetero) is 1. The number of carbonyl (C=O) groups is 2. The van der Waals surface area contributed by atoms with Gasteiger partial charge in [0.1, 0.15) is 17.3 Å². The fraction of sp³-hybridized carbons (Fsp3) is 0.321. The number of carbonyl (C=O) groups excluding carboxylic acids is 2. The largest absolute Gasteiger partial charge is 0.507 e. The van der Waals surface area contributed by atoms with Crippen LogP contribution >= 0.6 is 0 Å². The molecule has 1 saturated heterocycles. The van der Waals surface area contributed by atoms with E-state index in [4.69, 9.17) is 4.74 Å². The van der Waals surface area contributed by atoms with Crippen LogP contribution in [0.4, 0.5) is 4.39 Å². The molecule has 0 bridgehead atoms. The molecule has 8 heteroatoms. The van der Waals surface area contributed by atoms with Crippen LogP contribution in [0.25, 0.3) is 5.76 Å². The fourth-order valence-electron chi connectivity index (χ4n) is 4.25. The summed E-state index contributed by atoms with van der Waals surface area (Å²) in [5.41, 5.74) is 0.901. The number of amides is 1. The highest BCUT2D eigenvalue weighted by atomic mass is 19.1. The second-order valence-corrected chi connectivity index (χ2v) is 9.26. The van der Waals surface area contributed by atoms with Crippen LogP contribution in [-0.4, -0.2) is 44.4 Å². The second kappa shape index (κ2) is 11.2. The van der Waals surface area contributed by atoms with E-state index in [9.17, 15) is 19.1 Å². The van der Waals surface area contributed by atoms with Crippen LogP contribution < -0.4 is 4.74 Å². The standard InChI is InChI=1S/C28H30FN3O4/c1-19(2)11-16-36-23-6-3-5-21(17-23)25-24(26(33)20-7-9-22(29)10-8-20)27(34)28(35)32(25)14-4-13-31-15-12-30-18-31/h3,5-10,12,15,17-19,25,33H,4,11,13-14,16H2,1-2H3/t25-/m1/s1. The van der Waals surface area contributed by atoms with Crippen molar-refractivity contribution in [3.63, 3.8) is 0 Å². The third-order valence-corrected chi connectivity index (χ3v) is 6.17. The molecule has 0 unspecified atom stereocenters. The molecule has 1 amide bonds. The van der Waals surface area contributed by atoms with Gasteiger partial charge >= 0.3 is 0 Å². The Morgan fingerprint density at radius 3 is 2.61 bits per heavy atom. The van der Waals surface area contributed by atoms with E-state index >= 15 is 0 Å². The van der Waals surface area contributed by atoms with Crippen LogP contribution in [0.15, 0.2) is 72.8 Å². The van der Waals surface area contributed by atoms with Crippen LogP contribution in [0.5, 0.6) is 5.75 Å². The number of likely N-dealkylation sites (tertiary alicyclic amines) is 1. The van der Waals surface area contributed by atoms with Gasteiger partial charge in [0.05, 0.1) is 24.5 Å². The summed E-state index contributed by atoms with van der Waals surface area (Å²) in [6.07, 6.45) is 6.68. The number of aliphatic hydroxyl groups excluding tert-OH is 1. The molecule has 7 nitrogen and oxygen atoms in total. The summed E-state index contributed by atoms with van der Waals surface area (Å²) in [6.45, 7) is 5.69. The Hall–Kier alpha value is -3.94. The fourth-order valence-corrected chi connectivity index (χ4v) is 4.25. The topological polar surface area (TPSA) is 84.7 Å². The Morgan fingerprint density at radius 2 is 1.92 bits per heavy atom. The number of ether oxygens (including phenoxy) is 1. The lowest BCUT2D eigenvalue weighted by Gasteiger charge is -2.26. The first-order valence-electron chi connectivity index (χ1n) is 12.1. The normalized spacial score (nSPS) is 17.2. The van der Waals surface area contributed by atoms with Gasteiger partial charge in [-0.25, -0.2) is 9.37 Å². The number of nitrogens with zero attached hydrogens (tertiary/aromatic N) is 3. The highest BCUT2D eigenvalue weighted by Gasteiger charge is 2.45. The molecule has 1 aliphatic rings. The number of aromatic nitrogens is 2. The van der Waals surface area contributed by atoms with Crippen molar-refractivity contribution in [3.8, 4) is 5.75 Å². The predicted octanol–water partition coefficient (Wildman–Crippen LogP) is 4.96. The Morgan fingerprint density at radius 1 is 1.14 bits per heavy atom. The molecular weight excluding hydrogens is 461 g/mol. The molecule has 1 atom stereocenters. The number of hydrogen-bond donors (Lipinski definition) is 1. The number of ketones is 1. The highest BCUT2D eigenvalue weighted by Crippen LogP contribution is 2.40. The van der Waals surface area contributed by atoms with Crippen molar-refractivity contribution < 1.29 is 23.8 Å². The van der Waals surface area contributed by atoms with Gasteiger partial charge in [-0.3, -0.25) is 9.59 Å². The van der Waals surface area contributed by atoms with Gasteiger partial charge in [0.15, 0.2) is 0 Å². The highest BCUT2D eigenvalue weighted by molar-refractivity contribution is 6.46. The lowest BCUT2D eigenvalue weighted by molar-refractivity contribution is -0.139. The minimum absolute atomic E-state index is 0.0198. The third kappa shape index (κ3) is 5.64. The Balaban J connectivity index is 1.69. The molecule has 0 radical (unpaired) electrons. The molecule has 1 aliphatic heterocycles. The van der Waals surface area contributed by atoms with Gasteiger partial charge < -0.3 is 19.3 Å². The average molecular weight is 492 g/mol. The average Bonchev–Trinajstić information content (AvgIpc) is 3.46. The van der Waals surface area contributed by atoms with E-state index in [0.29, 0.717) is 43.3 Å². The first kappa shape index (κ1) is 25.2. The van der Waals surface area contributed by atoms with Gasteiger partial charge in [-0.05, 0) is 60.7 Å². The molecule has 36 heavy (non-hydrogen) atoms. The van der Waals surface area contributed by atoms with E-state index in [-0.39, 0.29) is 16.9 Å². The maximum absolute atomic E-state index is 13.5. The molecule has 4 rings (SSSR count). The molecule has 1 aromatic heterocycles. The molecule has 2 aromatic carbocycles. The first-order chi connectivity index (χ1) is 17.3. The summed E-state index contributed by atoms with van der Waals surface area (Å²) >= 11 is 0. The van der Waals surface area contributed by atoms with Crippen LogP contribution in [0, 0.1) is 11.7 Å². The Bertz CT molecular complexity index is 1240. The van der Waals surface area contributed by atoms with Gasteiger partial charge in [0.2, 0.25) is 0 Å². The zero-order valence-electron chi connectivity index (χ0n) is 20.4. The molecule has 0 aliphatic carbocycles. The Labute approximate surface area is 209 Å². The third-order valence-electron chi connectivity index (χ3n) is 6.17. The zero-order chi connectivity index (χ0) is 25.7. The van der Waals surface area contributed by atoms with Gasteiger partial charge in [-0.15, -0.1) is 0 Å². The van der Waals surface area contributed by atoms with Crippen molar-refractivity contribution in [2.45, 2.75) is 39.3 Å². The SMILES string of the molecule is CC(C)CCOc1cccc([C@@H]2C(=C(O)c3ccc(F)cc3)C(=O)C(=O)N2CCCn2ccnc2)c1. The van der Waals surface area contributed by atoms with Crippen LogP contribution in [0.2, 0.25) is 0 Å². The zero-order valence-corrected chi connectivity index (χ0v) is 20.4. The molecule has 0 saturated carbocycles. The summed E-state index contributed by atoms with van der Waals surface area (Å²) in [4.78, 5) is 31.8. The van der Waals surface area contributed by atoms with Gasteiger partial charge in [-0.2, -0.15) is 0 Å². The maximum Gasteiger partial charge on any atom is 0.295 e. The number of hydrogen-bond acceptors (Lipinski definition) is 5. The molecule has 1 fully saturated rings. The first-order valence-corrected chi connectivity index (χ1v) is 12.1. The molecule has 0 spiro atoms. The maximum atomic E-state index is 13.5. The van der Waals surface area contributed by atoms with Crippen molar-refractivity contribution >= 4 is 17.4 Å². The van der Waals surface area contributed by atoms with E-state index in [1.807, 2.05) is 29.0 Å². The lowest BCUT2D eigenvalue weighted by atomic mass is 9.95. The number of aryl methyl sites for hydroxylation is 1. The minimum atomic E-state index is -0.800. The van der Waals surface area contributed by atoms with E-state index in [2.05, 4.69) is 18.8 Å². The number of halogens is 1. The van der Waals surface area contributed by atoms with Crippen LogP contribution in [0.3, 0.4) is 0 Å². The molecular formula is C28H30FN3O4. The summed E-state index contributed by atoms with van der Waals surface area (Å²) in [7, 11) is 0. The smallest absolute Gasteiger partial charge is 0.295 e. The van der Waals surface area contributed by atoms with E-state index in [1.54, 1.807) is 18.6 Å². The monoisotopic (exact) mass is 491 g/mol. The van der Waals surface area contributed by atoms with Crippen LogP contribution in [-0.2, 0) is 16.1 Å². The van der Waals surface area contributed by atoms with Crippen LogP contribution in [0.1, 0.15) is 43.9 Å². The van der Waals surface area contributed by atoms with Crippen molar-refractivity contribution in [3.05, 3.63) is 89.8 Å². The number of imidazole rings is 1. The van der Waals surface area contributed by atoms with Crippen molar-refractivity contribution in [1.82, 2.24) is 14.5 Å². The number of aliphatic hydroxyl groups is 1. The van der Waals surface area contributed by atoms with E-state index < -0.39 is 23.5 Å². The molecule has 1 N–H and O–H groups in total. The summed E-state index contributed by atoms with van der Waals surface area (Å²) in [6, 6.07) is 11.6. The second-order valence-electron chi connectivity index (χ2n) is 9.26. The summed E-state index contributed by atoms with van der Waals surface area (Å²) in [5.74, 6) is -1.13. The van der Waals surface area contributed by atoms with Crippen molar-refractivity contribution in [2.75, 3.05) is 13.2 Å². The summed E-state index contributed by atoms with van der Waals surface area (Å²) in [5, 5.41) is 11.1.